The fourth-order valence-corrected chi connectivity index (χ4v) is 1.92. The zero-order chi connectivity index (χ0) is 13.4. The van der Waals surface area contributed by atoms with E-state index >= 15 is 0 Å². The summed E-state index contributed by atoms with van der Waals surface area (Å²) in [6.07, 6.45) is 2.70. The van der Waals surface area contributed by atoms with Crippen molar-refractivity contribution < 1.29 is 4.92 Å². The van der Waals surface area contributed by atoms with Crippen LogP contribution in [0.3, 0.4) is 0 Å². The van der Waals surface area contributed by atoms with Crippen LogP contribution in [0.1, 0.15) is 0 Å². The van der Waals surface area contributed by atoms with Gasteiger partial charge in [0.15, 0.2) is 5.52 Å². The van der Waals surface area contributed by atoms with E-state index in [1.54, 1.807) is 24.3 Å². The average molecular weight is 275 g/mol. The lowest BCUT2D eigenvalue weighted by atomic mass is 10.2. The first-order chi connectivity index (χ1) is 9.15. The zero-order valence-corrected chi connectivity index (χ0v) is 10.3. The molecule has 0 unspecified atom stereocenters. The zero-order valence-electron chi connectivity index (χ0n) is 9.50. The van der Waals surface area contributed by atoms with E-state index in [2.05, 4.69) is 15.0 Å². The Hall–Kier alpha value is -2.47. The highest BCUT2D eigenvalue weighted by Crippen LogP contribution is 2.26. The van der Waals surface area contributed by atoms with Gasteiger partial charge in [-0.1, -0.05) is 11.6 Å². The molecule has 2 heterocycles. The van der Waals surface area contributed by atoms with Crippen molar-refractivity contribution in [1.29, 1.82) is 0 Å². The Kier molecular flexibility index (Phi) is 2.64. The largest absolute Gasteiger partial charge is 0.336 e. The van der Waals surface area contributed by atoms with Crippen molar-refractivity contribution in [3.05, 3.63) is 51.8 Å². The number of aromatic amines is 1. The standard InChI is InChI=1S/C12H7ClN4O2/c13-8-3-1-7(2-4-8)12-15-9-5-14-6-10(17(18)19)11(9)16-12/h1-6H,(H,15,16). The topological polar surface area (TPSA) is 84.7 Å². The summed E-state index contributed by atoms with van der Waals surface area (Å²) in [5, 5.41) is 11.5. The van der Waals surface area contributed by atoms with E-state index in [0.717, 1.165) is 5.56 Å². The van der Waals surface area contributed by atoms with Crippen LogP contribution in [0.4, 0.5) is 5.69 Å². The highest BCUT2D eigenvalue weighted by molar-refractivity contribution is 6.30. The number of H-pyrrole nitrogens is 1. The van der Waals surface area contributed by atoms with Crippen LogP contribution in [0.15, 0.2) is 36.7 Å². The summed E-state index contributed by atoms with van der Waals surface area (Å²) in [5.41, 5.74) is 1.51. The third-order valence-corrected chi connectivity index (χ3v) is 2.94. The molecule has 0 saturated carbocycles. The van der Waals surface area contributed by atoms with Gasteiger partial charge in [-0.15, -0.1) is 0 Å². The monoisotopic (exact) mass is 274 g/mol. The Balaban J connectivity index is 2.19. The molecule has 94 valence electrons. The van der Waals surface area contributed by atoms with Gasteiger partial charge >= 0.3 is 5.69 Å². The quantitative estimate of drug-likeness (QED) is 0.574. The van der Waals surface area contributed by atoms with E-state index in [9.17, 15) is 10.1 Å². The Labute approximate surface area is 112 Å². The van der Waals surface area contributed by atoms with Crippen molar-refractivity contribution >= 4 is 28.3 Å². The van der Waals surface area contributed by atoms with Crippen LogP contribution in [0.2, 0.25) is 5.02 Å². The number of rotatable bonds is 2. The van der Waals surface area contributed by atoms with Crippen molar-refractivity contribution in [2.24, 2.45) is 0 Å². The summed E-state index contributed by atoms with van der Waals surface area (Å²) in [7, 11) is 0. The second kappa shape index (κ2) is 4.33. The van der Waals surface area contributed by atoms with E-state index in [1.807, 2.05) is 0 Å². The van der Waals surface area contributed by atoms with Crippen LogP contribution in [0, 0.1) is 10.1 Å². The summed E-state index contributed by atoms with van der Waals surface area (Å²) >= 11 is 5.81. The molecular weight excluding hydrogens is 268 g/mol. The van der Waals surface area contributed by atoms with Crippen LogP contribution >= 0.6 is 11.6 Å². The lowest BCUT2D eigenvalue weighted by Crippen LogP contribution is -1.90. The minimum Gasteiger partial charge on any atom is -0.336 e. The van der Waals surface area contributed by atoms with Crippen LogP contribution in [-0.2, 0) is 0 Å². The molecule has 0 aliphatic rings. The molecule has 1 N–H and O–H groups in total. The lowest BCUT2D eigenvalue weighted by molar-refractivity contribution is -0.383. The number of nitrogens with one attached hydrogen (secondary N) is 1. The number of hydrogen-bond donors (Lipinski definition) is 1. The molecule has 1 aromatic carbocycles. The molecular formula is C12H7ClN4O2. The maximum Gasteiger partial charge on any atom is 0.315 e. The van der Waals surface area contributed by atoms with E-state index in [0.29, 0.717) is 21.9 Å². The lowest BCUT2D eigenvalue weighted by Gasteiger charge is -1.95. The molecule has 0 radical (unpaired) electrons. The molecule has 0 bridgehead atoms. The second-order valence-electron chi connectivity index (χ2n) is 3.90. The van der Waals surface area contributed by atoms with Gasteiger partial charge in [0.05, 0.1) is 16.6 Å². The van der Waals surface area contributed by atoms with E-state index in [1.165, 1.54) is 12.4 Å². The van der Waals surface area contributed by atoms with Gasteiger partial charge in [0.2, 0.25) is 0 Å². The number of pyridine rings is 1. The van der Waals surface area contributed by atoms with Crippen molar-refractivity contribution in [3.8, 4) is 11.4 Å². The summed E-state index contributed by atoms with van der Waals surface area (Å²) < 4.78 is 0. The third kappa shape index (κ3) is 2.02. The molecule has 6 nitrogen and oxygen atoms in total. The molecule has 7 heteroatoms. The summed E-state index contributed by atoms with van der Waals surface area (Å²) in [6.45, 7) is 0. The average Bonchev–Trinajstić information content (AvgIpc) is 2.82. The summed E-state index contributed by atoms with van der Waals surface area (Å²) in [5.74, 6) is 0.544. The Bertz CT molecular complexity index is 767. The van der Waals surface area contributed by atoms with Crippen molar-refractivity contribution in [2.75, 3.05) is 0 Å². The fourth-order valence-electron chi connectivity index (χ4n) is 1.80. The normalized spacial score (nSPS) is 10.8. The Morgan fingerprint density at radius 2 is 1.95 bits per heavy atom. The first-order valence-electron chi connectivity index (χ1n) is 5.39. The van der Waals surface area contributed by atoms with Crippen LogP contribution < -0.4 is 0 Å². The van der Waals surface area contributed by atoms with Gasteiger partial charge in [0, 0.05) is 10.6 Å². The molecule has 19 heavy (non-hydrogen) atoms. The maximum atomic E-state index is 10.9. The molecule has 2 aromatic heterocycles. The minimum absolute atomic E-state index is 0.117. The Morgan fingerprint density at radius 3 is 2.63 bits per heavy atom. The molecule has 0 spiro atoms. The van der Waals surface area contributed by atoms with Gasteiger partial charge in [-0.3, -0.25) is 15.1 Å². The molecule has 0 aliphatic heterocycles. The predicted octanol–water partition coefficient (Wildman–Crippen LogP) is 3.19. The van der Waals surface area contributed by atoms with Crippen LogP contribution in [-0.4, -0.2) is 19.9 Å². The van der Waals surface area contributed by atoms with Gasteiger partial charge in [0.25, 0.3) is 0 Å². The molecule has 0 fully saturated rings. The number of hydrogen-bond acceptors (Lipinski definition) is 4. The molecule has 0 amide bonds. The highest BCUT2D eigenvalue weighted by Gasteiger charge is 2.16. The van der Waals surface area contributed by atoms with Gasteiger partial charge in [-0.25, -0.2) is 4.98 Å². The highest BCUT2D eigenvalue weighted by atomic mass is 35.5. The number of nitro groups is 1. The summed E-state index contributed by atoms with van der Waals surface area (Å²) in [6, 6.07) is 7.05. The minimum atomic E-state index is -0.498. The number of imidazole rings is 1. The van der Waals surface area contributed by atoms with Gasteiger partial charge < -0.3 is 4.98 Å². The van der Waals surface area contributed by atoms with Crippen molar-refractivity contribution in [3.63, 3.8) is 0 Å². The second-order valence-corrected chi connectivity index (χ2v) is 4.34. The Morgan fingerprint density at radius 1 is 1.21 bits per heavy atom. The summed E-state index contributed by atoms with van der Waals surface area (Å²) in [4.78, 5) is 21.5. The molecule has 0 aliphatic carbocycles. The fraction of sp³-hybridized carbons (Fsp3) is 0. The smallest absolute Gasteiger partial charge is 0.315 e. The van der Waals surface area contributed by atoms with Gasteiger partial charge in [-0.2, -0.15) is 0 Å². The SMILES string of the molecule is O=[N+]([O-])c1cncc2[nH]c(-c3ccc(Cl)cc3)nc12. The van der Waals surface area contributed by atoms with Crippen LogP contribution in [0.25, 0.3) is 22.4 Å². The number of fused-ring (bicyclic) bond motifs is 1. The van der Waals surface area contributed by atoms with Gasteiger partial charge in [0.1, 0.15) is 12.0 Å². The van der Waals surface area contributed by atoms with Crippen LogP contribution in [0.5, 0.6) is 0 Å². The van der Waals surface area contributed by atoms with Gasteiger partial charge in [-0.05, 0) is 24.3 Å². The van der Waals surface area contributed by atoms with E-state index < -0.39 is 4.92 Å². The first kappa shape index (κ1) is 11.6. The maximum absolute atomic E-state index is 10.9. The van der Waals surface area contributed by atoms with E-state index in [4.69, 9.17) is 11.6 Å². The van der Waals surface area contributed by atoms with Crippen molar-refractivity contribution in [1.82, 2.24) is 15.0 Å². The number of nitrogens with zero attached hydrogens (tertiary/aromatic N) is 3. The third-order valence-electron chi connectivity index (χ3n) is 2.69. The molecule has 3 aromatic rings. The number of halogens is 1. The van der Waals surface area contributed by atoms with Crippen molar-refractivity contribution in [2.45, 2.75) is 0 Å². The molecule has 3 rings (SSSR count). The number of aromatic nitrogens is 3. The first-order valence-corrected chi connectivity index (χ1v) is 5.77. The molecule has 0 saturated heterocycles. The molecule has 0 atom stereocenters. The number of benzene rings is 1. The van der Waals surface area contributed by atoms with E-state index in [-0.39, 0.29) is 5.69 Å². The predicted molar refractivity (Wildman–Crippen MR) is 71.0 cm³/mol.